The molecule has 1 aromatic heterocycles. The number of fused-ring (bicyclic) bond motifs is 1. The van der Waals surface area contributed by atoms with E-state index in [0.29, 0.717) is 44.3 Å². The maximum atomic E-state index is 13.1. The number of aryl methyl sites for hydroxylation is 2. The molecular weight excluding hydrogens is 444 g/mol. The van der Waals surface area contributed by atoms with E-state index in [1.807, 2.05) is 32.9 Å². The highest BCUT2D eigenvalue weighted by Crippen LogP contribution is 2.30. The van der Waals surface area contributed by atoms with Crippen molar-refractivity contribution < 1.29 is 27.1 Å². The second-order valence-electron chi connectivity index (χ2n) is 8.03. The minimum atomic E-state index is -3.71. The van der Waals surface area contributed by atoms with Crippen LogP contribution < -0.4 is 10.1 Å². The van der Waals surface area contributed by atoms with Crippen LogP contribution in [0.2, 0.25) is 0 Å². The van der Waals surface area contributed by atoms with Gasteiger partial charge in [-0.1, -0.05) is 0 Å². The van der Waals surface area contributed by atoms with Gasteiger partial charge in [0.1, 0.15) is 11.3 Å². The Labute approximate surface area is 193 Å². The summed E-state index contributed by atoms with van der Waals surface area (Å²) in [7, 11) is -3.71. The van der Waals surface area contributed by atoms with Gasteiger partial charge in [0.25, 0.3) is 0 Å². The Morgan fingerprint density at radius 1 is 1.12 bits per heavy atom. The summed E-state index contributed by atoms with van der Waals surface area (Å²) >= 11 is 0. The lowest BCUT2D eigenvalue weighted by molar-refractivity contribution is -0.115. The van der Waals surface area contributed by atoms with Crippen LogP contribution in [-0.2, 0) is 26.0 Å². The molecule has 0 atom stereocenters. The summed E-state index contributed by atoms with van der Waals surface area (Å²) in [5, 5.41) is 3.72. The molecule has 2 heterocycles. The molecule has 1 fully saturated rings. The summed E-state index contributed by atoms with van der Waals surface area (Å²) in [6, 6.07) is 8.50. The minimum absolute atomic E-state index is 0.0848. The highest BCUT2D eigenvalue weighted by molar-refractivity contribution is 7.89. The van der Waals surface area contributed by atoms with E-state index in [9.17, 15) is 13.2 Å². The summed E-state index contributed by atoms with van der Waals surface area (Å²) in [5.41, 5.74) is 4.05. The summed E-state index contributed by atoms with van der Waals surface area (Å²) in [6.45, 7) is 7.54. The van der Waals surface area contributed by atoms with Crippen molar-refractivity contribution in [2.75, 3.05) is 38.2 Å². The molecule has 3 aromatic rings. The zero-order valence-electron chi connectivity index (χ0n) is 19.0. The van der Waals surface area contributed by atoms with Gasteiger partial charge >= 0.3 is 0 Å². The van der Waals surface area contributed by atoms with Crippen LogP contribution in [0.25, 0.3) is 11.0 Å². The first-order valence-electron chi connectivity index (χ1n) is 10.9. The molecule has 1 N–H and O–H groups in total. The first-order chi connectivity index (χ1) is 15.8. The number of hydrogen-bond acceptors (Lipinski definition) is 6. The summed E-state index contributed by atoms with van der Waals surface area (Å²) in [5.74, 6) is 0.119. The predicted octanol–water partition coefficient (Wildman–Crippen LogP) is 3.65. The summed E-state index contributed by atoms with van der Waals surface area (Å²) in [4.78, 5) is 13.0. The number of carbonyl (C=O) groups excluding carboxylic acids is 1. The van der Waals surface area contributed by atoms with Crippen LogP contribution in [-0.4, -0.2) is 51.5 Å². The van der Waals surface area contributed by atoms with Crippen molar-refractivity contribution in [2.24, 2.45) is 0 Å². The number of nitrogens with zero attached hydrogens (tertiary/aromatic N) is 1. The fourth-order valence-corrected chi connectivity index (χ4v) is 5.26. The van der Waals surface area contributed by atoms with Crippen molar-refractivity contribution >= 4 is 32.6 Å². The van der Waals surface area contributed by atoms with Gasteiger partial charge in [-0.15, -0.1) is 0 Å². The zero-order chi connectivity index (χ0) is 23.6. The molecule has 0 unspecified atom stereocenters. The molecule has 9 heteroatoms. The van der Waals surface area contributed by atoms with E-state index in [1.165, 1.54) is 16.4 Å². The molecule has 1 amide bonds. The van der Waals surface area contributed by atoms with E-state index in [4.69, 9.17) is 13.9 Å². The lowest BCUT2D eigenvalue weighted by Gasteiger charge is -2.26. The predicted molar refractivity (Wildman–Crippen MR) is 125 cm³/mol. The average molecular weight is 473 g/mol. The first kappa shape index (κ1) is 23.3. The molecule has 0 radical (unpaired) electrons. The van der Waals surface area contributed by atoms with E-state index >= 15 is 0 Å². The van der Waals surface area contributed by atoms with Gasteiger partial charge in [0.05, 0.1) is 43.1 Å². The van der Waals surface area contributed by atoms with Gasteiger partial charge in [0, 0.05) is 24.0 Å². The number of furan rings is 1. The molecule has 2 aromatic carbocycles. The number of sulfonamides is 1. The number of morpholine rings is 1. The maximum Gasteiger partial charge on any atom is 0.243 e. The van der Waals surface area contributed by atoms with E-state index in [1.54, 1.807) is 12.3 Å². The highest BCUT2D eigenvalue weighted by Gasteiger charge is 2.27. The molecular formula is C24H28N2O6S. The van der Waals surface area contributed by atoms with E-state index in [2.05, 4.69) is 5.32 Å². The number of hydrogen-bond donors (Lipinski definition) is 1. The fourth-order valence-electron chi connectivity index (χ4n) is 3.83. The molecule has 33 heavy (non-hydrogen) atoms. The minimum Gasteiger partial charge on any atom is -0.492 e. The van der Waals surface area contributed by atoms with Gasteiger partial charge in [-0.3, -0.25) is 4.79 Å². The molecule has 1 aliphatic rings. The van der Waals surface area contributed by atoms with Crippen LogP contribution in [0.4, 0.5) is 5.69 Å². The van der Waals surface area contributed by atoms with Gasteiger partial charge in [-0.2, -0.15) is 4.31 Å². The number of rotatable bonds is 7. The van der Waals surface area contributed by atoms with Crippen LogP contribution in [0.1, 0.15) is 23.6 Å². The van der Waals surface area contributed by atoms with Crippen LogP contribution in [0.5, 0.6) is 5.75 Å². The number of amides is 1. The largest absolute Gasteiger partial charge is 0.492 e. The van der Waals surface area contributed by atoms with Gasteiger partial charge in [0.2, 0.25) is 15.9 Å². The van der Waals surface area contributed by atoms with Crippen LogP contribution in [0.15, 0.2) is 45.9 Å². The fraction of sp³-hybridized carbons (Fsp3) is 0.375. The Hall–Kier alpha value is -2.88. The standard InChI is InChI=1S/C24H28N2O6S/c1-4-31-22-6-5-19(33(28,29)26-7-9-30-10-8-26)14-21(22)25-24(27)13-18-15-32-23-12-17(3)16(2)11-20(18)23/h5-6,11-12,14-15H,4,7-10,13H2,1-3H3,(H,25,27). The van der Waals surface area contributed by atoms with Gasteiger partial charge in [0.15, 0.2) is 0 Å². The zero-order valence-corrected chi connectivity index (χ0v) is 19.8. The van der Waals surface area contributed by atoms with Gasteiger partial charge in [-0.05, 0) is 62.2 Å². The molecule has 0 aliphatic carbocycles. The van der Waals surface area contributed by atoms with Crippen molar-refractivity contribution in [3.63, 3.8) is 0 Å². The van der Waals surface area contributed by atoms with Gasteiger partial charge in [-0.25, -0.2) is 8.42 Å². The number of carbonyl (C=O) groups is 1. The molecule has 8 nitrogen and oxygen atoms in total. The van der Waals surface area contributed by atoms with Crippen LogP contribution >= 0.6 is 0 Å². The monoisotopic (exact) mass is 472 g/mol. The quantitative estimate of drug-likeness (QED) is 0.564. The van der Waals surface area contributed by atoms with Crippen molar-refractivity contribution in [1.29, 1.82) is 0 Å². The average Bonchev–Trinajstić information content (AvgIpc) is 3.17. The lowest BCUT2D eigenvalue weighted by Crippen LogP contribution is -2.40. The topological polar surface area (TPSA) is 98.1 Å². The van der Waals surface area contributed by atoms with Crippen LogP contribution in [0, 0.1) is 13.8 Å². The number of nitrogens with one attached hydrogen (secondary N) is 1. The number of benzene rings is 2. The van der Waals surface area contributed by atoms with Crippen molar-refractivity contribution in [3.8, 4) is 5.75 Å². The second-order valence-corrected chi connectivity index (χ2v) is 9.96. The van der Waals surface area contributed by atoms with Crippen molar-refractivity contribution in [1.82, 2.24) is 4.31 Å². The Morgan fingerprint density at radius 2 is 1.85 bits per heavy atom. The molecule has 0 bridgehead atoms. The molecule has 4 rings (SSSR count). The summed E-state index contributed by atoms with van der Waals surface area (Å²) < 4.78 is 44.0. The van der Waals surface area contributed by atoms with E-state index in [0.717, 1.165) is 27.7 Å². The van der Waals surface area contributed by atoms with Gasteiger partial charge < -0.3 is 19.2 Å². The third kappa shape index (κ3) is 4.90. The second kappa shape index (κ2) is 9.54. The SMILES string of the molecule is CCOc1ccc(S(=O)(=O)N2CCOCC2)cc1NC(=O)Cc1coc2cc(C)c(C)cc12. The smallest absolute Gasteiger partial charge is 0.243 e. The Morgan fingerprint density at radius 3 is 2.58 bits per heavy atom. The Bertz CT molecular complexity index is 1280. The molecule has 1 aliphatic heterocycles. The van der Waals surface area contributed by atoms with E-state index < -0.39 is 10.0 Å². The highest BCUT2D eigenvalue weighted by atomic mass is 32.2. The first-order valence-corrected chi connectivity index (χ1v) is 12.4. The Balaban J connectivity index is 1.59. The van der Waals surface area contributed by atoms with Crippen molar-refractivity contribution in [2.45, 2.75) is 32.1 Å². The molecule has 0 spiro atoms. The van der Waals surface area contributed by atoms with Crippen LogP contribution in [0.3, 0.4) is 0 Å². The van der Waals surface area contributed by atoms with E-state index in [-0.39, 0.29) is 17.2 Å². The molecule has 176 valence electrons. The molecule has 0 saturated carbocycles. The molecule has 1 saturated heterocycles. The third-order valence-electron chi connectivity index (χ3n) is 5.75. The number of ether oxygens (including phenoxy) is 2. The summed E-state index contributed by atoms with van der Waals surface area (Å²) in [6.07, 6.45) is 1.67. The maximum absolute atomic E-state index is 13.1. The lowest BCUT2D eigenvalue weighted by atomic mass is 10.0. The number of anilines is 1. The van der Waals surface area contributed by atoms with Crippen molar-refractivity contribution in [3.05, 3.63) is 53.3 Å². The third-order valence-corrected chi connectivity index (χ3v) is 7.65. The Kier molecular flexibility index (Phi) is 6.73. The normalized spacial score (nSPS) is 15.0.